The average Bonchev–Trinajstić information content (AvgIpc) is 2.91. The number of aryl methyl sites for hydroxylation is 2. The zero-order valence-electron chi connectivity index (χ0n) is 11.5. The van der Waals surface area contributed by atoms with Gasteiger partial charge in [-0.25, -0.2) is 15.0 Å². The van der Waals surface area contributed by atoms with Gasteiger partial charge in [0, 0.05) is 18.9 Å². The quantitative estimate of drug-likeness (QED) is 0.633. The highest BCUT2D eigenvalue weighted by atomic mass is 35.6. The molecule has 23 heavy (non-hydrogen) atoms. The number of hydrogen-bond donors (Lipinski definition) is 0. The van der Waals surface area contributed by atoms with Gasteiger partial charge in [-0.05, 0) is 6.07 Å². The van der Waals surface area contributed by atoms with Crippen molar-refractivity contribution in [3.63, 3.8) is 0 Å². The van der Waals surface area contributed by atoms with Gasteiger partial charge in [-0.1, -0.05) is 69.6 Å². The molecule has 11 heteroatoms. The van der Waals surface area contributed by atoms with Crippen molar-refractivity contribution in [1.82, 2.24) is 15.0 Å². The van der Waals surface area contributed by atoms with Gasteiger partial charge in [0.2, 0.25) is 7.59 Å². The molecule has 0 spiro atoms. The summed E-state index contributed by atoms with van der Waals surface area (Å²) >= 11 is 34.8. The first-order valence-electron chi connectivity index (χ1n) is 6.11. The first-order chi connectivity index (χ1) is 10.6. The van der Waals surface area contributed by atoms with E-state index in [1.54, 1.807) is 12.1 Å². The number of furan rings is 1. The SMILES string of the molecule is COc1ccc(CCc2nc(C(Cl)(Cl)Cl)nc(C(Cl)(Cl)Cl)n2)o1. The summed E-state index contributed by atoms with van der Waals surface area (Å²) in [6.45, 7) is 0. The molecule has 2 aromatic rings. The topological polar surface area (TPSA) is 61.0 Å². The summed E-state index contributed by atoms with van der Waals surface area (Å²) in [5, 5.41) is 0. The first-order valence-corrected chi connectivity index (χ1v) is 8.38. The minimum atomic E-state index is -1.86. The first kappa shape index (κ1) is 19.2. The van der Waals surface area contributed by atoms with Gasteiger partial charge in [-0.2, -0.15) is 0 Å². The molecule has 0 aliphatic rings. The van der Waals surface area contributed by atoms with Crippen molar-refractivity contribution in [2.75, 3.05) is 7.11 Å². The lowest BCUT2D eigenvalue weighted by Crippen LogP contribution is -2.18. The van der Waals surface area contributed by atoms with Crippen molar-refractivity contribution >= 4 is 69.6 Å². The zero-order valence-corrected chi connectivity index (χ0v) is 16.0. The molecule has 0 radical (unpaired) electrons. The number of halogens is 6. The smallest absolute Gasteiger partial charge is 0.284 e. The van der Waals surface area contributed by atoms with Gasteiger partial charge in [0.25, 0.3) is 5.95 Å². The van der Waals surface area contributed by atoms with E-state index in [1.807, 2.05) is 0 Å². The Morgan fingerprint density at radius 3 is 1.91 bits per heavy atom. The van der Waals surface area contributed by atoms with Crippen molar-refractivity contribution in [2.24, 2.45) is 0 Å². The number of hydrogen-bond acceptors (Lipinski definition) is 5. The fourth-order valence-electron chi connectivity index (χ4n) is 1.62. The van der Waals surface area contributed by atoms with E-state index in [9.17, 15) is 0 Å². The second kappa shape index (κ2) is 7.38. The third-order valence-corrected chi connectivity index (χ3v) is 3.64. The van der Waals surface area contributed by atoms with Crippen LogP contribution in [-0.2, 0) is 20.4 Å². The molecule has 0 atom stereocenters. The number of rotatable bonds is 4. The molecule has 2 aromatic heterocycles. The maximum atomic E-state index is 5.81. The summed E-state index contributed by atoms with van der Waals surface area (Å²) in [7, 11) is 1.51. The highest BCUT2D eigenvalue weighted by Gasteiger charge is 2.33. The molecular formula is C12H9Cl6N3O2. The van der Waals surface area contributed by atoms with Gasteiger partial charge in [0.1, 0.15) is 11.6 Å². The van der Waals surface area contributed by atoms with E-state index in [4.69, 9.17) is 78.8 Å². The van der Waals surface area contributed by atoms with Crippen molar-refractivity contribution in [1.29, 1.82) is 0 Å². The second-order valence-electron chi connectivity index (χ2n) is 4.32. The molecule has 0 saturated heterocycles. The Kier molecular flexibility index (Phi) is 6.15. The van der Waals surface area contributed by atoms with Crippen LogP contribution in [0.3, 0.4) is 0 Å². The molecule has 0 saturated carbocycles. The zero-order chi connectivity index (χ0) is 17.3. The molecule has 0 bridgehead atoms. The van der Waals surface area contributed by atoms with Crippen LogP contribution in [0.4, 0.5) is 0 Å². The normalized spacial score (nSPS) is 12.5. The standard InChI is InChI=1S/C12H9Cl6N3O2/c1-22-8-5-3-6(23-8)2-4-7-19-9(11(13,14)15)21-10(20-7)12(16,17)18/h3,5H,2,4H2,1H3. The Bertz CT molecular complexity index is 648. The van der Waals surface area contributed by atoms with E-state index < -0.39 is 7.59 Å². The predicted octanol–water partition coefficient (Wildman–Crippen LogP) is 4.91. The molecule has 0 aliphatic carbocycles. The fourth-order valence-corrected chi connectivity index (χ4v) is 2.13. The molecule has 0 aliphatic heterocycles. The van der Waals surface area contributed by atoms with Crippen molar-refractivity contribution in [2.45, 2.75) is 20.4 Å². The lowest BCUT2D eigenvalue weighted by atomic mass is 10.2. The summed E-state index contributed by atoms with van der Waals surface area (Å²) in [6.07, 6.45) is 0.840. The monoisotopic (exact) mass is 437 g/mol. The van der Waals surface area contributed by atoms with Crippen molar-refractivity contribution < 1.29 is 9.15 Å². The molecule has 2 heterocycles. The third-order valence-electron chi connectivity index (χ3n) is 2.62. The molecule has 2 rings (SSSR count). The van der Waals surface area contributed by atoms with E-state index in [2.05, 4.69) is 15.0 Å². The number of aromatic nitrogens is 3. The Balaban J connectivity index is 2.26. The van der Waals surface area contributed by atoms with Gasteiger partial charge in [0.05, 0.1) is 7.11 Å². The molecular weight excluding hydrogens is 431 g/mol. The van der Waals surface area contributed by atoms with Gasteiger partial charge in [-0.3, -0.25) is 0 Å². The molecule has 0 fully saturated rings. The van der Waals surface area contributed by atoms with Gasteiger partial charge in [-0.15, -0.1) is 0 Å². The van der Waals surface area contributed by atoms with Crippen LogP contribution in [0.2, 0.25) is 0 Å². The fraction of sp³-hybridized carbons (Fsp3) is 0.417. The van der Waals surface area contributed by atoms with Crippen LogP contribution in [-0.4, -0.2) is 22.1 Å². The largest absolute Gasteiger partial charge is 0.468 e. The van der Waals surface area contributed by atoms with Gasteiger partial charge < -0.3 is 9.15 Å². The van der Waals surface area contributed by atoms with Crippen molar-refractivity contribution in [3.05, 3.63) is 35.4 Å². The second-order valence-corrected chi connectivity index (χ2v) is 8.88. The summed E-state index contributed by atoms with van der Waals surface area (Å²) in [5.74, 6) is 1.14. The van der Waals surface area contributed by atoms with E-state index in [0.717, 1.165) is 0 Å². The van der Waals surface area contributed by atoms with Crippen LogP contribution in [0.1, 0.15) is 23.2 Å². The van der Waals surface area contributed by atoms with Crippen LogP contribution in [0.5, 0.6) is 5.95 Å². The predicted molar refractivity (Wildman–Crippen MR) is 91.0 cm³/mol. The minimum absolute atomic E-state index is 0.120. The Morgan fingerprint density at radius 1 is 0.913 bits per heavy atom. The Hall–Kier alpha value is -0.170. The highest BCUT2D eigenvalue weighted by Crippen LogP contribution is 2.39. The summed E-state index contributed by atoms with van der Waals surface area (Å²) < 4.78 is 6.63. The number of nitrogens with zero attached hydrogens (tertiary/aromatic N) is 3. The van der Waals surface area contributed by atoms with Crippen LogP contribution in [0.15, 0.2) is 16.5 Å². The van der Waals surface area contributed by atoms with Gasteiger partial charge >= 0.3 is 0 Å². The maximum absolute atomic E-state index is 5.81. The van der Waals surface area contributed by atoms with E-state index >= 15 is 0 Å². The maximum Gasteiger partial charge on any atom is 0.284 e. The van der Waals surface area contributed by atoms with Crippen LogP contribution in [0, 0.1) is 0 Å². The highest BCUT2D eigenvalue weighted by molar-refractivity contribution is 6.67. The van der Waals surface area contributed by atoms with Crippen LogP contribution < -0.4 is 4.74 Å². The Morgan fingerprint density at radius 2 is 1.48 bits per heavy atom. The van der Waals surface area contributed by atoms with Crippen LogP contribution in [0.25, 0.3) is 0 Å². The number of ether oxygens (including phenoxy) is 1. The molecule has 126 valence electrons. The summed E-state index contributed by atoms with van der Waals surface area (Å²) in [6, 6.07) is 3.47. The van der Waals surface area contributed by atoms with E-state index in [1.165, 1.54) is 7.11 Å². The lowest BCUT2D eigenvalue weighted by Gasteiger charge is -2.15. The third kappa shape index (κ3) is 5.41. The minimum Gasteiger partial charge on any atom is -0.468 e. The average molecular weight is 440 g/mol. The van der Waals surface area contributed by atoms with Gasteiger partial charge in [0.15, 0.2) is 11.6 Å². The molecule has 0 N–H and O–H groups in total. The molecule has 5 nitrogen and oxygen atoms in total. The van der Waals surface area contributed by atoms with Crippen molar-refractivity contribution in [3.8, 4) is 5.95 Å². The molecule has 0 aromatic carbocycles. The lowest BCUT2D eigenvalue weighted by molar-refractivity contribution is 0.294. The van der Waals surface area contributed by atoms with Crippen LogP contribution >= 0.6 is 69.6 Å². The molecule has 0 unspecified atom stereocenters. The number of methoxy groups -OCH3 is 1. The van der Waals surface area contributed by atoms with E-state index in [0.29, 0.717) is 30.4 Å². The molecule has 0 amide bonds. The Labute approximate surface area is 162 Å². The summed E-state index contributed by atoms with van der Waals surface area (Å²) in [5.41, 5.74) is 0. The number of alkyl halides is 6. The summed E-state index contributed by atoms with van der Waals surface area (Å²) in [4.78, 5) is 12.1. The van der Waals surface area contributed by atoms with E-state index in [-0.39, 0.29) is 11.6 Å².